The van der Waals surface area contributed by atoms with Crippen LogP contribution in [-0.2, 0) is 0 Å². The van der Waals surface area contributed by atoms with E-state index < -0.39 is 0 Å². The molecule has 0 saturated heterocycles. The molecule has 1 heterocycles. The summed E-state index contributed by atoms with van der Waals surface area (Å²) in [5.74, 6) is 1.98. The summed E-state index contributed by atoms with van der Waals surface area (Å²) in [6.45, 7) is 1.84. The Morgan fingerprint density at radius 3 is 2.74 bits per heavy atom. The van der Waals surface area contributed by atoms with Gasteiger partial charge in [0.15, 0.2) is 0 Å². The van der Waals surface area contributed by atoms with Gasteiger partial charge in [-0.2, -0.15) is 4.98 Å². The minimum absolute atomic E-state index is 0.545. The molecule has 0 radical (unpaired) electrons. The van der Waals surface area contributed by atoms with Gasteiger partial charge in [0, 0.05) is 12.3 Å². The lowest BCUT2D eigenvalue weighted by atomic mass is 10.1. The number of ether oxygens (including phenoxy) is 1. The smallest absolute Gasteiger partial charge is 0.222 e. The van der Waals surface area contributed by atoms with Crippen molar-refractivity contribution in [2.75, 3.05) is 0 Å². The molecule has 0 N–H and O–H groups in total. The molecule has 0 amide bonds. The first kappa shape index (κ1) is 12.1. The lowest BCUT2D eigenvalue weighted by Crippen LogP contribution is -1.92. The van der Waals surface area contributed by atoms with Crippen molar-refractivity contribution in [1.82, 2.24) is 9.97 Å². The van der Waals surface area contributed by atoms with Crippen LogP contribution >= 0.6 is 15.9 Å². The van der Waals surface area contributed by atoms with Crippen LogP contribution in [0, 0.1) is 6.92 Å². The van der Waals surface area contributed by atoms with E-state index in [1.807, 2.05) is 31.2 Å². The summed E-state index contributed by atoms with van der Waals surface area (Å²) in [6.07, 6.45) is 1.69. The van der Waals surface area contributed by atoms with Gasteiger partial charge in [-0.25, -0.2) is 4.98 Å². The molecule has 0 bridgehead atoms. The molecule has 0 aliphatic rings. The molecule has 0 atom stereocenters. The number of rotatable bonds is 2. The van der Waals surface area contributed by atoms with Crippen molar-refractivity contribution in [2.24, 2.45) is 0 Å². The van der Waals surface area contributed by atoms with Crippen molar-refractivity contribution in [3.8, 4) is 11.6 Å². The second kappa shape index (κ2) is 4.97. The Morgan fingerprint density at radius 2 is 1.89 bits per heavy atom. The monoisotopic (exact) mass is 314 g/mol. The zero-order valence-corrected chi connectivity index (χ0v) is 11.9. The Morgan fingerprint density at radius 1 is 1.05 bits per heavy atom. The largest absolute Gasteiger partial charge is 0.438 e. The average Bonchev–Trinajstić information content (AvgIpc) is 2.42. The van der Waals surface area contributed by atoms with Crippen LogP contribution in [0.4, 0.5) is 0 Å². The number of nitrogens with zero attached hydrogens (tertiary/aromatic N) is 2. The normalized spacial score (nSPS) is 10.6. The Bertz CT molecular complexity index is 743. The number of hydrogen-bond acceptors (Lipinski definition) is 3. The molecule has 3 aromatic rings. The predicted octanol–water partition coefficient (Wildman–Crippen LogP) is 4.49. The van der Waals surface area contributed by atoms with Gasteiger partial charge in [0.2, 0.25) is 5.88 Å². The summed E-state index contributed by atoms with van der Waals surface area (Å²) >= 11 is 3.59. The van der Waals surface area contributed by atoms with Crippen molar-refractivity contribution in [3.05, 3.63) is 59.0 Å². The van der Waals surface area contributed by atoms with Gasteiger partial charge in [-0.05, 0) is 39.7 Å². The first-order valence-electron chi connectivity index (χ1n) is 5.89. The first-order valence-corrected chi connectivity index (χ1v) is 6.68. The van der Waals surface area contributed by atoms with Crippen LogP contribution in [-0.4, -0.2) is 9.97 Å². The van der Waals surface area contributed by atoms with E-state index in [0.29, 0.717) is 11.7 Å². The summed E-state index contributed by atoms with van der Waals surface area (Å²) in [7, 11) is 0. The third-order valence-electron chi connectivity index (χ3n) is 2.79. The first-order chi connectivity index (χ1) is 9.24. The molecule has 3 rings (SSSR count). The van der Waals surface area contributed by atoms with E-state index in [0.717, 1.165) is 15.6 Å². The maximum absolute atomic E-state index is 5.80. The predicted molar refractivity (Wildman–Crippen MR) is 78.5 cm³/mol. The van der Waals surface area contributed by atoms with Gasteiger partial charge in [0.25, 0.3) is 0 Å². The molecule has 19 heavy (non-hydrogen) atoms. The molecule has 0 unspecified atom stereocenters. The molecule has 1 aromatic heterocycles. The summed E-state index contributed by atoms with van der Waals surface area (Å²) in [5, 5.41) is 2.28. The highest BCUT2D eigenvalue weighted by Gasteiger charge is 2.07. The van der Waals surface area contributed by atoms with Gasteiger partial charge in [0.05, 0.1) is 4.47 Å². The van der Waals surface area contributed by atoms with Gasteiger partial charge in [-0.1, -0.05) is 30.3 Å². The maximum atomic E-state index is 5.80. The van der Waals surface area contributed by atoms with Crippen LogP contribution in [0.3, 0.4) is 0 Å². The fourth-order valence-corrected chi connectivity index (χ4v) is 2.47. The van der Waals surface area contributed by atoms with Crippen molar-refractivity contribution >= 4 is 26.7 Å². The Balaban J connectivity index is 2.04. The number of halogens is 1. The van der Waals surface area contributed by atoms with Gasteiger partial charge < -0.3 is 4.74 Å². The topological polar surface area (TPSA) is 35.0 Å². The zero-order chi connectivity index (χ0) is 13.2. The van der Waals surface area contributed by atoms with E-state index >= 15 is 0 Å². The van der Waals surface area contributed by atoms with Gasteiger partial charge in [-0.15, -0.1) is 0 Å². The molecule has 0 aliphatic heterocycles. The number of fused-ring (bicyclic) bond motifs is 1. The fraction of sp³-hybridized carbons (Fsp3) is 0.0667. The Hall–Kier alpha value is -1.94. The highest BCUT2D eigenvalue weighted by atomic mass is 79.9. The molecule has 94 valence electrons. The minimum Gasteiger partial charge on any atom is -0.438 e. The molecule has 0 spiro atoms. The number of aromatic nitrogens is 2. The average molecular weight is 315 g/mol. The SMILES string of the molecule is Cc1nccc(Oc2ccc3ccccc3c2Br)n1. The summed E-state index contributed by atoms with van der Waals surface area (Å²) < 4.78 is 6.73. The highest BCUT2D eigenvalue weighted by Crippen LogP contribution is 2.35. The van der Waals surface area contributed by atoms with Crippen molar-refractivity contribution in [1.29, 1.82) is 0 Å². The van der Waals surface area contributed by atoms with E-state index in [9.17, 15) is 0 Å². The molecule has 0 fully saturated rings. The lowest BCUT2D eigenvalue weighted by Gasteiger charge is -2.09. The quantitative estimate of drug-likeness (QED) is 0.699. The van der Waals surface area contributed by atoms with E-state index in [4.69, 9.17) is 4.74 Å². The van der Waals surface area contributed by atoms with Crippen LogP contribution in [0.25, 0.3) is 10.8 Å². The number of benzene rings is 2. The Kier molecular flexibility index (Phi) is 3.17. The highest BCUT2D eigenvalue weighted by molar-refractivity contribution is 9.10. The molecule has 2 aromatic carbocycles. The molecular formula is C15H11BrN2O. The van der Waals surface area contributed by atoms with Crippen LogP contribution in [0.5, 0.6) is 11.6 Å². The second-order valence-corrected chi connectivity index (χ2v) is 4.94. The standard InChI is InChI=1S/C15H11BrN2O/c1-10-17-9-8-14(18-10)19-13-7-6-11-4-2-3-5-12(11)15(13)16/h2-9H,1H3. The Labute approximate surface area is 119 Å². The molecule has 3 nitrogen and oxygen atoms in total. The minimum atomic E-state index is 0.545. The summed E-state index contributed by atoms with van der Waals surface area (Å²) in [5.41, 5.74) is 0. The van der Waals surface area contributed by atoms with Gasteiger partial charge in [-0.3, -0.25) is 0 Å². The van der Waals surface area contributed by atoms with E-state index in [-0.39, 0.29) is 0 Å². The van der Waals surface area contributed by atoms with Crippen molar-refractivity contribution in [3.63, 3.8) is 0 Å². The van der Waals surface area contributed by atoms with Gasteiger partial charge >= 0.3 is 0 Å². The fourth-order valence-electron chi connectivity index (χ4n) is 1.90. The van der Waals surface area contributed by atoms with Crippen molar-refractivity contribution < 1.29 is 4.74 Å². The molecule has 0 saturated carbocycles. The summed E-state index contributed by atoms with van der Waals surface area (Å²) in [4.78, 5) is 8.29. The van der Waals surface area contributed by atoms with E-state index in [1.165, 1.54) is 5.39 Å². The third-order valence-corrected chi connectivity index (χ3v) is 3.61. The number of aryl methyl sites for hydroxylation is 1. The maximum Gasteiger partial charge on any atom is 0.222 e. The summed E-state index contributed by atoms with van der Waals surface area (Å²) in [6, 6.07) is 13.9. The molecule has 0 aliphatic carbocycles. The van der Waals surface area contributed by atoms with Crippen LogP contribution in [0.2, 0.25) is 0 Å². The van der Waals surface area contributed by atoms with E-state index in [2.05, 4.69) is 38.0 Å². The molecule has 4 heteroatoms. The second-order valence-electron chi connectivity index (χ2n) is 4.14. The molecular weight excluding hydrogens is 304 g/mol. The van der Waals surface area contributed by atoms with Crippen LogP contribution in [0.15, 0.2) is 53.1 Å². The zero-order valence-electron chi connectivity index (χ0n) is 10.3. The van der Waals surface area contributed by atoms with Crippen molar-refractivity contribution in [2.45, 2.75) is 6.92 Å². The third kappa shape index (κ3) is 2.44. The van der Waals surface area contributed by atoms with Crippen LogP contribution < -0.4 is 4.74 Å². The number of hydrogen-bond donors (Lipinski definition) is 0. The van der Waals surface area contributed by atoms with Crippen LogP contribution in [0.1, 0.15) is 5.82 Å². The lowest BCUT2D eigenvalue weighted by molar-refractivity contribution is 0.458. The van der Waals surface area contributed by atoms with E-state index in [1.54, 1.807) is 12.3 Å². The van der Waals surface area contributed by atoms with Gasteiger partial charge in [0.1, 0.15) is 11.6 Å².